The van der Waals surface area contributed by atoms with Crippen LogP contribution in [0.3, 0.4) is 0 Å². The average Bonchev–Trinajstić information content (AvgIpc) is 3.13. The molecule has 0 spiro atoms. The molecule has 2 aliphatic rings. The SMILES string of the molecule is CC(C)(C)OC(=O)N[C@]1(CN)[C@H](c2ccc3c(c2)OCO3)[C@H]1S(=O)(=O)c1ccccc1. The number of fused-ring (bicyclic) bond motifs is 1. The molecule has 0 unspecified atom stereocenters. The predicted molar refractivity (Wildman–Crippen MR) is 114 cm³/mol. The van der Waals surface area contributed by atoms with Crippen molar-refractivity contribution in [3.63, 3.8) is 0 Å². The van der Waals surface area contributed by atoms with Crippen LogP contribution in [0, 0.1) is 0 Å². The molecule has 166 valence electrons. The molecular formula is C22H26N2O6S. The Labute approximate surface area is 181 Å². The maximum Gasteiger partial charge on any atom is 0.408 e. The minimum atomic E-state index is -3.81. The first kappa shape index (κ1) is 21.5. The normalized spacial score (nSPS) is 24.5. The Morgan fingerprint density at radius 3 is 2.48 bits per heavy atom. The number of carbonyl (C=O) groups is 1. The average molecular weight is 447 g/mol. The number of alkyl carbamates (subject to hydrolysis) is 1. The Kier molecular flexibility index (Phi) is 5.13. The van der Waals surface area contributed by atoms with E-state index in [1.54, 1.807) is 69.3 Å². The van der Waals surface area contributed by atoms with Gasteiger partial charge in [0.05, 0.1) is 10.4 Å². The van der Waals surface area contributed by atoms with Gasteiger partial charge in [-0.2, -0.15) is 0 Å². The fourth-order valence-corrected chi connectivity index (χ4v) is 6.50. The molecule has 0 bridgehead atoms. The number of nitrogens with two attached hydrogens (primary N) is 1. The van der Waals surface area contributed by atoms with Crippen LogP contribution in [0.4, 0.5) is 4.79 Å². The van der Waals surface area contributed by atoms with Gasteiger partial charge < -0.3 is 25.3 Å². The summed E-state index contributed by atoms with van der Waals surface area (Å²) in [6.45, 7) is 5.24. The molecule has 8 nitrogen and oxygen atoms in total. The summed E-state index contributed by atoms with van der Waals surface area (Å²) in [5.74, 6) is 0.540. The summed E-state index contributed by atoms with van der Waals surface area (Å²) in [6, 6.07) is 13.4. The predicted octanol–water partition coefficient (Wildman–Crippen LogP) is 2.58. The molecule has 1 aliphatic carbocycles. The lowest BCUT2D eigenvalue weighted by Crippen LogP contribution is -2.49. The standard InChI is InChI=1S/C22H26N2O6S/c1-21(2,3)30-20(25)24-22(12-23)18(14-9-10-16-17(11-14)29-13-28-16)19(22)31(26,27)15-7-5-4-6-8-15/h4-11,18-19H,12-13,23H2,1-3H3,(H,24,25)/t18-,19-,22-/m1/s1. The van der Waals surface area contributed by atoms with Gasteiger partial charge in [0.1, 0.15) is 10.9 Å². The van der Waals surface area contributed by atoms with Gasteiger partial charge >= 0.3 is 6.09 Å². The van der Waals surface area contributed by atoms with Gasteiger partial charge in [0.25, 0.3) is 0 Å². The molecule has 3 atom stereocenters. The second-order valence-electron chi connectivity index (χ2n) is 8.74. The first-order valence-electron chi connectivity index (χ1n) is 9.98. The van der Waals surface area contributed by atoms with E-state index in [0.717, 1.165) is 0 Å². The molecule has 1 fully saturated rings. The minimum Gasteiger partial charge on any atom is -0.454 e. The van der Waals surface area contributed by atoms with Gasteiger partial charge in [-0.25, -0.2) is 13.2 Å². The largest absolute Gasteiger partial charge is 0.454 e. The van der Waals surface area contributed by atoms with E-state index < -0.39 is 38.2 Å². The van der Waals surface area contributed by atoms with Gasteiger partial charge in [-0.05, 0) is 50.6 Å². The number of hydrogen-bond donors (Lipinski definition) is 2. The van der Waals surface area contributed by atoms with Crippen LogP contribution in [-0.2, 0) is 14.6 Å². The number of rotatable bonds is 5. The number of carbonyl (C=O) groups excluding carboxylic acids is 1. The molecule has 0 aromatic heterocycles. The lowest BCUT2D eigenvalue weighted by molar-refractivity contribution is 0.0497. The molecule has 0 saturated heterocycles. The van der Waals surface area contributed by atoms with Crippen LogP contribution in [-0.4, -0.2) is 44.2 Å². The fraction of sp³-hybridized carbons (Fsp3) is 0.409. The Balaban J connectivity index is 1.75. The summed E-state index contributed by atoms with van der Waals surface area (Å²) in [4.78, 5) is 12.8. The van der Waals surface area contributed by atoms with Crippen molar-refractivity contribution in [3.05, 3.63) is 54.1 Å². The number of ether oxygens (including phenoxy) is 3. The zero-order chi connectivity index (χ0) is 22.4. The Morgan fingerprint density at radius 1 is 1.16 bits per heavy atom. The van der Waals surface area contributed by atoms with Gasteiger partial charge in [-0.15, -0.1) is 0 Å². The topological polar surface area (TPSA) is 117 Å². The van der Waals surface area contributed by atoms with Gasteiger partial charge in [0.15, 0.2) is 21.3 Å². The number of sulfone groups is 1. The van der Waals surface area contributed by atoms with E-state index in [2.05, 4.69) is 5.32 Å². The van der Waals surface area contributed by atoms with Crippen LogP contribution in [0.25, 0.3) is 0 Å². The molecule has 9 heteroatoms. The maximum absolute atomic E-state index is 13.5. The van der Waals surface area contributed by atoms with Crippen LogP contribution >= 0.6 is 0 Å². The van der Waals surface area contributed by atoms with Crippen molar-refractivity contribution in [2.24, 2.45) is 5.73 Å². The molecule has 2 aromatic rings. The quantitative estimate of drug-likeness (QED) is 0.725. The summed E-state index contributed by atoms with van der Waals surface area (Å²) < 4.78 is 43.3. The van der Waals surface area contributed by atoms with E-state index in [9.17, 15) is 13.2 Å². The molecule has 2 aromatic carbocycles. The van der Waals surface area contributed by atoms with Crippen molar-refractivity contribution >= 4 is 15.9 Å². The third-order valence-electron chi connectivity index (χ3n) is 5.49. The summed E-state index contributed by atoms with van der Waals surface area (Å²) in [5.41, 5.74) is 4.83. The highest BCUT2D eigenvalue weighted by Crippen LogP contribution is 2.57. The van der Waals surface area contributed by atoms with Gasteiger partial charge in [-0.1, -0.05) is 24.3 Å². The molecule has 1 aliphatic heterocycles. The molecular weight excluding hydrogens is 420 g/mol. The number of hydrogen-bond acceptors (Lipinski definition) is 7. The van der Waals surface area contributed by atoms with Crippen molar-refractivity contribution in [1.82, 2.24) is 5.32 Å². The van der Waals surface area contributed by atoms with E-state index in [0.29, 0.717) is 17.1 Å². The molecule has 31 heavy (non-hydrogen) atoms. The van der Waals surface area contributed by atoms with Crippen LogP contribution in [0.15, 0.2) is 53.4 Å². The Bertz CT molecular complexity index is 1100. The Hall–Kier alpha value is -2.78. The summed E-state index contributed by atoms with van der Waals surface area (Å²) in [6.07, 6.45) is -0.713. The third-order valence-corrected chi connectivity index (χ3v) is 7.78. The van der Waals surface area contributed by atoms with Gasteiger partial charge in [-0.3, -0.25) is 0 Å². The summed E-state index contributed by atoms with van der Waals surface area (Å²) in [5, 5.41) is 1.82. The van der Waals surface area contributed by atoms with Crippen LogP contribution < -0.4 is 20.5 Å². The molecule has 1 amide bonds. The van der Waals surface area contributed by atoms with Crippen molar-refractivity contribution in [2.75, 3.05) is 13.3 Å². The number of amides is 1. The highest BCUT2D eigenvalue weighted by molar-refractivity contribution is 7.92. The summed E-state index contributed by atoms with van der Waals surface area (Å²) >= 11 is 0. The van der Waals surface area contributed by atoms with Crippen molar-refractivity contribution in [1.29, 1.82) is 0 Å². The lowest BCUT2D eigenvalue weighted by atomic mass is 10.1. The maximum atomic E-state index is 13.5. The molecule has 3 N–H and O–H groups in total. The van der Waals surface area contributed by atoms with E-state index >= 15 is 0 Å². The van der Waals surface area contributed by atoms with Gasteiger partial charge in [0, 0.05) is 12.5 Å². The first-order chi connectivity index (χ1) is 14.6. The van der Waals surface area contributed by atoms with E-state index in [4.69, 9.17) is 19.9 Å². The third kappa shape index (κ3) is 3.83. The second-order valence-corrected chi connectivity index (χ2v) is 10.8. The van der Waals surface area contributed by atoms with Crippen LogP contribution in [0.2, 0.25) is 0 Å². The first-order valence-corrected chi connectivity index (χ1v) is 11.5. The lowest BCUT2D eigenvalue weighted by Gasteiger charge is -2.24. The van der Waals surface area contributed by atoms with E-state index in [-0.39, 0.29) is 18.2 Å². The smallest absolute Gasteiger partial charge is 0.408 e. The minimum absolute atomic E-state index is 0.0813. The van der Waals surface area contributed by atoms with Crippen LogP contribution in [0.1, 0.15) is 32.3 Å². The van der Waals surface area contributed by atoms with Crippen molar-refractivity contribution in [3.8, 4) is 11.5 Å². The number of nitrogens with one attached hydrogen (secondary N) is 1. The Morgan fingerprint density at radius 2 is 1.84 bits per heavy atom. The zero-order valence-electron chi connectivity index (χ0n) is 17.6. The molecule has 1 heterocycles. The van der Waals surface area contributed by atoms with E-state index in [1.165, 1.54) is 0 Å². The highest BCUT2D eigenvalue weighted by atomic mass is 32.2. The fourth-order valence-electron chi connectivity index (χ4n) is 4.13. The molecule has 4 rings (SSSR count). The van der Waals surface area contributed by atoms with Crippen LogP contribution in [0.5, 0.6) is 11.5 Å². The van der Waals surface area contributed by atoms with Crippen molar-refractivity contribution < 1.29 is 27.4 Å². The molecule has 1 saturated carbocycles. The van der Waals surface area contributed by atoms with E-state index in [1.807, 2.05) is 0 Å². The monoisotopic (exact) mass is 446 g/mol. The number of benzene rings is 2. The second kappa shape index (κ2) is 7.42. The zero-order valence-corrected chi connectivity index (χ0v) is 18.4. The molecule has 0 radical (unpaired) electrons. The summed E-state index contributed by atoms with van der Waals surface area (Å²) in [7, 11) is -3.81. The van der Waals surface area contributed by atoms with Crippen molar-refractivity contribution in [2.45, 2.75) is 48.0 Å². The van der Waals surface area contributed by atoms with Gasteiger partial charge in [0.2, 0.25) is 6.79 Å². The highest BCUT2D eigenvalue weighted by Gasteiger charge is 2.72.